The summed E-state index contributed by atoms with van der Waals surface area (Å²) in [7, 11) is -3.90. The topological polar surface area (TPSA) is 149 Å². The maximum absolute atomic E-state index is 13.7. The van der Waals surface area contributed by atoms with Gasteiger partial charge in [-0.2, -0.15) is 10.4 Å². The van der Waals surface area contributed by atoms with E-state index in [2.05, 4.69) is 5.10 Å². The summed E-state index contributed by atoms with van der Waals surface area (Å²) in [6.45, 7) is 2.22. The van der Waals surface area contributed by atoms with Crippen molar-refractivity contribution in [2.45, 2.75) is 31.5 Å². The van der Waals surface area contributed by atoms with Gasteiger partial charge in [-0.25, -0.2) is 27.2 Å². The molecule has 2 aromatic heterocycles. The Morgan fingerprint density at radius 2 is 1.80 bits per heavy atom. The molecule has 0 aliphatic carbocycles. The first-order valence-electron chi connectivity index (χ1n) is 9.79. The van der Waals surface area contributed by atoms with Crippen molar-refractivity contribution in [2.24, 2.45) is 7.05 Å². The maximum Gasteiger partial charge on any atom is 0.492 e. The molecule has 0 bridgehead atoms. The number of sulfonamides is 1. The number of nitrogens with one attached hydrogen (secondary N) is 1. The van der Waals surface area contributed by atoms with Crippen molar-refractivity contribution >= 4 is 15.9 Å². The fourth-order valence-corrected chi connectivity index (χ4v) is 4.48. The number of nitriles is 1. The molecule has 35 heavy (non-hydrogen) atoms. The van der Waals surface area contributed by atoms with E-state index in [9.17, 15) is 36.0 Å². The van der Waals surface area contributed by atoms with Crippen LogP contribution in [0.2, 0.25) is 0 Å². The van der Waals surface area contributed by atoms with Crippen molar-refractivity contribution < 1.29 is 26.4 Å². The van der Waals surface area contributed by atoms with Crippen LogP contribution in [0.25, 0.3) is 16.9 Å². The van der Waals surface area contributed by atoms with Gasteiger partial charge in [-0.05, 0) is 31.2 Å². The van der Waals surface area contributed by atoms with Crippen molar-refractivity contribution in [2.75, 3.05) is 0 Å². The molecule has 0 saturated carbocycles. The number of benzene rings is 1. The van der Waals surface area contributed by atoms with Crippen molar-refractivity contribution in [1.29, 1.82) is 5.26 Å². The summed E-state index contributed by atoms with van der Waals surface area (Å²) in [6, 6.07) is 7.22. The molecular weight excluding hydrogens is 493 g/mol. The van der Waals surface area contributed by atoms with Crippen LogP contribution in [0.5, 0.6) is 0 Å². The molecule has 1 N–H and O–H groups in total. The highest BCUT2D eigenvalue weighted by Gasteiger charge is 2.38. The van der Waals surface area contributed by atoms with Crippen molar-refractivity contribution in [3.63, 3.8) is 0 Å². The molecule has 184 valence electrons. The zero-order chi connectivity index (χ0) is 26.3. The molecule has 2 heterocycles. The Labute approximate surface area is 195 Å². The summed E-state index contributed by atoms with van der Waals surface area (Å²) < 4.78 is 69.3. The zero-order valence-electron chi connectivity index (χ0n) is 18.4. The van der Waals surface area contributed by atoms with E-state index in [1.807, 2.05) is 6.07 Å². The second-order valence-electron chi connectivity index (χ2n) is 7.22. The van der Waals surface area contributed by atoms with Gasteiger partial charge >= 0.3 is 12.0 Å². The number of rotatable bonds is 5. The van der Waals surface area contributed by atoms with Crippen molar-refractivity contribution in [3.05, 3.63) is 62.6 Å². The number of hydrogen-bond donors (Lipinski definition) is 1. The normalized spacial score (nSPS) is 11.8. The second-order valence-corrected chi connectivity index (χ2v) is 8.87. The minimum Gasteiger partial charge on any atom is -0.274 e. The standard InChI is InChI=1S/C20H17F3N6O5S/c1-4-15(30)26-35(33,34)14-10-25-29(13-7-5-12(9-24)6-8-13)17(14)16-11(2)28(20(21,22)23)19(32)27(3)18(16)31/h5-8,10H,4H2,1-3H3,(H,26,30). The summed E-state index contributed by atoms with van der Waals surface area (Å²) in [6.07, 6.45) is -4.70. The summed E-state index contributed by atoms with van der Waals surface area (Å²) >= 11 is 0. The van der Waals surface area contributed by atoms with E-state index >= 15 is 0 Å². The van der Waals surface area contributed by atoms with Crippen molar-refractivity contribution in [3.8, 4) is 23.0 Å². The number of halogens is 3. The monoisotopic (exact) mass is 510 g/mol. The van der Waals surface area contributed by atoms with Crippen LogP contribution in [0.15, 0.2) is 44.9 Å². The molecule has 11 nitrogen and oxygen atoms in total. The van der Waals surface area contributed by atoms with Crippen LogP contribution >= 0.6 is 0 Å². The molecule has 3 rings (SSSR count). The van der Waals surface area contributed by atoms with Gasteiger partial charge in [0.25, 0.3) is 15.6 Å². The first kappa shape index (κ1) is 25.4. The maximum atomic E-state index is 13.7. The number of carbonyl (C=O) groups excluding carboxylic acids is 1. The predicted molar refractivity (Wildman–Crippen MR) is 115 cm³/mol. The quantitative estimate of drug-likeness (QED) is 0.543. The van der Waals surface area contributed by atoms with E-state index in [1.165, 1.54) is 31.2 Å². The lowest BCUT2D eigenvalue weighted by Gasteiger charge is -2.19. The van der Waals surface area contributed by atoms with Crippen molar-refractivity contribution in [1.82, 2.24) is 23.6 Å². The summed E-state index contributed by atoms with van der Waals surface area (Å²) in [5.74, 6) is -0.910. The van der Waals surface area contributed by atoms with Crippen LogP contribution < -0.4 is 16.0 Å². The smallest absolute Gasteiger partial charge is 0.274 e. The molecule has 15 heteroatoms. The number of hydrogen-bond acceptors (Lipinski definition) is 7. The highest BCUT2D eigenvalue weighted by Crippen LogP contribution is 2.32. The number of amides is 1. The number of aromatic nitrogens is 4. The van der Waals surface area contributed by atoms with Crippen LogP contribution in [0.4, 0.5) is 13.2 Å². The van der Waals surface area contributed by atoms with E-state index in [0.717, 1.165) is 24.9 Å². The highest BCUT2D eigenvalue weighted by atomic mass is 32.2. The van der Waals surface area contributed by atoms with E-state index in [1.54, 1.807) is 4.72 Å². The molecule has 3 aromatic rings. The second kappa shape index (κ2) is 8.87. The molecule has 0 fully saturated rings. The van der Waals surface area contributed by atoms with Gasteiger partial charge in [0.1, 0.15) is 10.6 Å². The molecule has 0 aliphatic heterocycles. The summed E-state index contributed by atoms with van der Waals surface area (Å²) in [5.41, 5.74) is -4.87. The first-order valence-corrected chi connectivity index (χ1v) is 11.3. The highest BCUT2D eigenvalue weighted by molar-refractivity contribution is 7.90. The molecule has 1 amide bonds. The molecular formula is C20H17F3N6O5S. The first-order chi connectivity index (χ1) is 16.2. The van der Waals surface area contributed by atoms with Gasteiger partial charge in [0.05, 0.1) is 29.1 Å². The third-order valence-electron chi connectivity index (χ3n) is 5.02. The number of nitrogens with zero attached hydrogens (tertiary/aromatic N) is 5. The van der Waals surface area contributed by atoms with Crippen LogP contribution in [0, 0.1) is 18.3 Å². The third kappa shape index (κ3) is 4.47. The van der Waals surface area contributed by atoms with Gasteiger partial charge in [0.2, 0.25) is 5.91 Å². The predicted octanol–water partition coefficient (Wildman–Crippen LogP) is 1.27. The Morgan fingerprint density at radius 3 is 2.31 bits per heavy atom. The molecule has 0 spiro atoms. The number of carbonyl (C=O) groups is 1. The zero-order valence-corrected chi connectivity index (χ0v) is 19.2. The largest absolute Gasteiger partial charge is 0.492 e. The van der Waals surface area contributed by atoms with E-state index in [-0.39, 0.29) is 22.2 Å². The lowest BCUT2D eigenvalue weighted by atomic mass is 10.1. The minimum absolute atomic E-state index is 0.0912. The van der Waals surface area contributed by atoms with Gasteiger partial charge in [0.15, 0.2) is 0 Å². The lowest BCUT2D eigenvalue weighted by Crippen LogP contribution is -2.45. The summed E-state index contributed by atoms with van der Waals surface area (Å²) in [5, 5.41) is 12.9. The average molecular weight is 510 g/mol. The Kier molecular flexibility index (Phi) is 6.45. The fourth-order valence-electron chi connectivity index (χ4n) is 3.29. The molecule has 0 atom stereocenters. The Balaban J connectivity index is 2.50. The van der Waals surface area contributed by atoms with Gasteiger partial charge in [-0.15, -0.1) is 13.2 Å². The number of alkyl halides is 3. The summed E-state index contributed by atoms with van der Waals surface area (Å²) in [4.78, 5) is 36.3. The van der Waals surface area contributed by atoms with Gasteiger partial charge in [0, 0.05) is 19.2 Å². The van der Waals surface area contributed by atoms with E-state index < -0.39 is 59.9 Å². The van der Waals surface area contributed by atoms with Crippen LogP contribution in [-0.2, 0) is 28.2 Å². The Bertz CT molecular complexity index is 1590. The van der Waals surface area contributed by atoms with Gasteiger partial charge in [-0.3, -0.25) is 14.2 Å². The van der Waals surface area contributed by atoms with Crippen LogP contribution in [-0.4, -0.2) is 33.2 Å². The average Bonchev–Trinajstić information content (AvgIpc) is 3.22. The van der Waals surface area contributed by atoms with Gasteiger partial charge in [-0.1, -0.05) is 6.92 Å². The van der Waals surface area contributed by atoms with Crippen LogP contribution in [0.3, 0.4) is 0 Å². The van der Waals surface area contributed by atoms with E-state index in [0.29, 0.717) is 0 Å². The molecule has 0 radical (unpaired) electrons. The molecule has 1 aromatic carbocycles. The third-order valence-corrected chi connectivity index (χ3v) is 6.39. The van der Waals surface area contributed by atoms with Gasteiger partial charge < -0.3 is 0 Å². The molecule has 0 unspecified atom stereocenters. The fraction of sp³-hybridized carbons (Fsp3) is 0.250. The molecule has 0 aliphatic rings. The SMILES string of the molecule is CCC(=O)NS(=O)(=O)c1cnn(-c2ccc(C#N)cc2)c1-c1c(C)n(C(F)(F)F)c(=O)n(C)c1=O. The molecule has 0 saturated heterocycles. The Morgan fingerprint density at radius 1 is 1.20 bits per heavy atom. The van der Waals surface area contributed by atoms with E-state index in [4.69, 9.17) is 5.26 Å². The minimum atomic E-state index is -5.24. The van der Waals surface area contributed by atoms with Crippen LogP contribution in [0.1, 0.15) is 24.6 Å². The lowest BCUT2D eigenvalue weighted by molar-refractivity contribution is -0.208. The Hall–Kier alpha value is -4.19.